The number of hydrogen-bond donors (Lipinski definition) is 0. The number of aromatic nitrogens is 2. The quantitative estimate of drug-likeness (QED) is 0.473. The van der Waals surface area contributed by atoms with Crippen molar-refractivity contribution >= 4 is 21.1 Å². The molecule has 0 aliphatic carbocycles. The van der Waals surface area contributed by atoms with Gasteiger partial charge in [0.1, 0.15) is 0 Å². The van der Waals surface area contributed by atoms with Crippen LogP contribution in [-0.4, -0.2) is 35.4 Å². The summed E-state index contributed by atoms with van der Waals surface area (Å²) in [5.41, 5.74) is 6.08. The fraction of sp³-hybridized carbons (Fsp3) is 0.240. The normalized spacial score (nSPS) is 14.6. The van der Waals surface area contributed by atoms with E-state index in [-0.39, 0.29) is 4.90 Å². The summed E-state index contributed by atoms with van der Waals surface area (Å²) in [5.74, 6) is 0. The molecule has 0 N–H and O–H groups in total. The second-order valence-electron chi connectivity index (χ2n) is 8.13. The molecule has 0 unspecified atom stereocenters. The Morgan fingerprint density at radius 2 is 1.84 bits per heavy atom. The van der Waals surface area contributed by atoms with Gasteiger partial charge in [-0.15, -0.1) is 0 Å². The van der Waals surface area contributed by atoms with E-state index in [0.29, 0.717) is 5.65 Å². The van der Waals surface area contributed by atoms with Crippen LogP contribution in [0.4, 0.5) is 0 Å². The van der Waals surface area contributed by atoms with Gasteiger partial charge in [0.2, 0.25) is 0 Å². The van der Waals surface area contributed by atoms with E-state index >= 15 is 0 Å². The molecular formula is C25H25N3O2S. The second-order valence-corrected chi connectivity index (χ2v) is 9.95. The number of fused-ring (bicyclic) bond motifs is 2. The van der Waals surface area contributed by atoms with E-state index in [2.05, 4.69) is 35.0 Å². The number of rotatable bonds is 4. The van der Waals surface area contributed by atoms with E-state index in [1.165, 1.54) is 15.1 Å². The Kier molecular flexibility index (Phi) is 4.91. The molecule has 0 spiro atoms. The first-order chi connectivity index (χ1) is 15.0. The Morgan fingerprint density at radius 3 is 2.61 bits per heavy atom. The molecule has 0 atom stereocenters. The number of pyridine rings is 1. The zero-order chi connectivity index (χ0) is 21.6. The predicted octanol–water partition coefficient (Wildman–Crippen LogP) is 4.63. The fourth-order valence-corrected chi connectivity index (χ4v) is 5.64. The van der Waals surface area contributed by atoms with Gasteiger partial charge in [-0.3, -0.25) is 4.90 Å². The first-order valence-corrected chi connectivity index (χ1v) is 12.0. The number of likely N-dealkylation sites (N-methyl/N-ethyl adjacent to an activating group) is 1. The predicted molar refractivity (Wildman–Crippen MR) is 124 cm³/mol. The molecule has 1 aliphatic heterocycles. The summed E-state index contributed by atoms with van der Waals surface area (Å²) in [7, 11) is -3.75. The van der Waals surface area contributed by atoms with Crippen molar-refractivity contribution in [2.75, 3.05) is 13.1 Å². The minimum Gasteiger partial charge on any atom is -0.299 e. The van der Waals surface area contributed by atoms with E-state index in [0.717, 1.165) is 48.1 Å². The fourth-order valence-electron chi connectivity index (χ4n) is 4.32. The molecule has 3 heterocycles. The van der Waals surface area contributed by atoms with Gasteiger partial charge in [-0.25, -0.2) is 17.4 Å². The highest BCUT2D eigenvalue weighted by atomic mass is 32.2. The highest BCUT2D eigenvalue weighted by Gasteiger charge is 2.23. The maximum absolute atomic E-state index is 13.4. The molecule has 1 aliphatic rings. The lowest BCUT2D eigenvalue weighted by Gasteiger charge is -2.27. The van der Waals surface area contributed by atoms with Crippen LogP contribution < -0.4 is 0 Å². The first kappa shape index (κ1) is 20.0. The molecule has 0 bridgehead atoms. The standard InChI is InChI=1S/C25H25N3O2S/c1-3-27-14-12-19-15-20(8-9-21(19)16-27)24-17-28(25-23(24)5-4-13-26-25)31(29,30)22-10-6-18(2)7-11-22/h4-11,13,15,17H,3,12,14,16H2,1-2H3. The molecule has 0 saturated carbocycles. The van der Waals surface area contributed by atoms with Crippen LogP contribution in [0.3, 0.4) is 0 Å². The van der Waals surface area contributed by atoms with Gasteiger partial charge in [-0.05, 0) is 60.8 Å². The molecule has 0 amide bonds. The lowest BCUT2D eigenvalue weighted by atomic mass is 9.94. The molecule has 2 aromatic heterocycles. The average Bonchev–Trinajstić information content (AvgIpc) is 3.19. The molecule has 0 fully saturated rings. The van der Waals surface area contributed by atoms with Gasteiger partial charge in [-0.1, -0.05) is 42.8 Å². The SMILES string of the molecule is CCN1CCc2cc(-c3cn(S(=O)(=O)c4ccc(C)cc4)c4ncccc34)ccc2C1. The molecular weight excluding hydrogens is 406 g/mol. The lowest BCUT2D eigenvalue weighted by Crippen LogP contribution is -2.30. The Balaban J connectivity index is 1.65. The van der Waals surface area contributed by atoms with Crippen LogP contribution in [-0.2, 0) is 23.0 Å². The average molecular weight is 432 g/mol. The molecule has 158 valence electrons. The second kappa shape index (κ2) is 7.62. The van der Waals surface area contributed by atoms with Gasteiger partial charge < -0.3 is 0 Å². The third-order valence-electron chi connectivity index (χ3n) is 6.17. The largest absolute Gasteiger partial charge is 0.299 e. The Morgan fingerprint density at radius 1 is 1.03 bits per heavy atom. The summed E-state index contributed by atoms with van der Waals surface area (Å²) in [5, 5.41) is 0.837. The summed E-state index contributed by atoms with van der Waals surface area (Å²) in [4.78, 5) is 7.12. The zero-order valence-electron chi connectivity index (χ0n) is 17.7. The third-order valence-corrected chi connectivity index (χ3v) is 7.83. The molecule has 0 saturated heterocycles. The van der Waals surface area contributed by atoms with E-state index in [4.69, 9.17) is 0 Å². The number of nitrogens with zero attached hydrogens (tertiary/aromatic N) is 3. The van der Waals surface area contributed by atoms with Crippen LogP contribution >= 0.6 is 0 Å². The highest BCUT2D eigenvalue weighted by molar-refractivity contribution is 7.90. The highest BCUT2D eigenvalue weighted by Crippen LogP contribution is 2.34. The van der Waals surface area contributed by atoms with E-state index in [1.54, 1.807) is 24.5 Å². The molecule has 0 radical (unpaired) electrons. The van der Waals surface area contributed by atoms with Crippen LogP contribution in [0, 0.1) is 6.92 Å². The van der Waals surface area contributed by atoms with Crippen LogP contribution in [0.2, 0.25) is 0 Å². The maximum Gasteiger partial charge on any atom is 0.269 e. The zero-order valence-corrected chi connectivity index (χ0v) is 18.6. The van der Waals surface area contributed by atoms with Gasteiger partial charge in [0.05, 0.1) is 4.90 Å². The molecule has 5 nitrogen and oxygen atoms in total. The minimum absolute atomic E-state index is 0.261. The van der Waals surface area contributed by atoms with E-state index in [9.17, 15) is 8.42 Å². The van der Waals surface area contributed by atoms with Gasteiger partial charge in [0, 0.05) is 36.4 Å². The van der Waals surface area contributed by atoms with Gasteiger partial charge >= 0.3 is 0 Å². The topological polar surface area (TPSA) is 55.2 Å². The summed E-state index contributed by atoms with van der Waals surface area (Å²) in [6.07, 6.45) is 4.37. The van der Waals surface area contributed by atoms with Gasteiger partial charge in [-0.2, -0.15) is 0 Å². The van der Waals surface area contributed by atoms with Crippen molar-refractivity contribution in [3.63, 3.8) is 0 Å². The molecule has 4 aromatic rings. The van der Waals surface area contributed by atoms with Gasteiger partial charge in [0.25, 0.3) is 10.0 Å². The third kappa shape index (κ3) is 3.46. The minimum atomic E-state index is -3.75. The van der Waals surface area contributed by atoms with Crippen molar-refractivity contribution in [2.24, 2.45) is 0 Å². The molecule has 31 heavy (non-hydrogen) atoms. The molecule has 6 heteroatoms. The number of hydrogen-bond acceptors (Lipinski definition) is 4. The summed E-state index contributed by atoms with van der Waals surface area (Å²) in [6, 6.07) is 17.2. The van der Waals surface area contributed by atoms with E-state index in [1.807, 2.05) is 31.2 Å². The first-order valence-electron chi connectivity index (χ1n) is 10.6. The van der Waals surface area contributed by atoms with Crippen molar-refractivity contribution < 1.29 is 8.42 Å². The van der Waals surface area contributed by atoms with Crippen LogP contribution in [0.25, 0.3) is 22.2 Å². The monoisotopic (exact) mass is 431 g/mol. The van der Waals surface area contributed by atoms with Crippen molar-refractivity contribution in [1.82, 2.24) is 13.9 Å². The van der Waals surface area contributed by atoms with Crippen LogP contribution in [0.5, 0.6) is 0 Å². The summed E-state index contributed by atoms with van der Waals surface area (Å²) in [6.45, 7) is 7.21. The van der Waals surface area contributed by atoms with Crippen molar-refractivity contribution in [2.45, 2.75) is 31.7 Å². The Labute approximate surface area is 183 Å². The van der Waals surface area contributed by atoms with Crippen LogP contribution in [0.1, 0.15) is 23.6 Å². The van der Waals surface area contributed by atoms with E-state index < -0.39 is 10.0 Å². The van der Waals surface area contributed by atoms with Crippen molar-refractivity contribution in [1.29, 1.82) is 0 Å². The summed E-state index contributed by atoms with van der Waals surface area (Å²) < 4.78 is 28.2. The maximum atomic E-state index is 13.4. The number of benzene rings is 2. The Bertz CT molecular complexity index is 1370. The van der Waals surface area contributed by atoms with Gasteiger partial charge in [0.15, 0.2) is 5.65 Å². The Hall–Kier alpha value is -2.96. The lowest BCUT2D eigenvalue weighted by molar-refractivity contribution is 0.268. The smallest absolute Gasteiger partial charge is 0.269 e. The van der Waals surface area contributed by atoms with Crippen molar-refractivity contribution in [3.05, 3.63) is 83.7 Å². The summed E-state index contributed by atoms with van der Waals surface area (Å²) >= 11 is 0. The molecule has 5 rings (SSSR count). The molecule has 2 aromatic carbocycles. The van der Waals surface area contributed by atoms with Crippen molar-refractivity contribution in [3.8, 4) is 11.1 Å². The van der Waals surface area contributed by atoms with Crippen LogP contribution in [0.15, 0.2) is 71.9 Å². The number of aryl methyl sites for hydroxylation is 1.